The number of amides is 2. The van der Waals surface area contributed by atoms with Gasteiger partial charge >= 0.3 is 6.03 Å². The molecule has 30 heavy (non-hydrogen) atoms. The zero-order valence-corrected chi connectivity index (χ0v) is 18.5. The summed E-state index contributed by atoms with van der Waals surface area (Å²) < 4.78 is 31.6. The lowest BCUT2D eigenvalue weighted by molar-refractivity contribution is 0.0225. The number of sulfonamides is 1. The number of fused-ring (bicyclic) bond motifs is 5. The normalized spacial score (nSPS) is 26.4. The molecule has 0 aliphatic carbocycles. The highest BCUT2D eigenvalue weighted by molar-refractivity contribution is 7.88. The van der Waals surface area contributed by atoms with Gasteiger partial charge in [-0.15, -0.1) is 12.4 Å². The Morgan fingerprint density at radius 1 is 1.30 bits per heavy atom. The van der Waals surface area contributed by atoms with Gasteiger partial charge in [0.2, 0.25) is 10.0 Å². The molecule has 1 spiro atoms. The van der Waals surface area contributed by atoms with Gasteiger partial charge in [-0.25, -0.2) is 17.9 Å². The molecule has 0 radical (unpaired) electrons. The highest BCUT2D eigenvalue weighted by atomic mass is 35.5. The Balaban J connectivity index is 0.00000218. The van der Waals surface area contributed by atoms with Crippen LogP contribution in [0.15, 0.2) is 28.7 Å². The number of rotatable bonds is 4. The Morgan fingerprint density at radius 3 is 2.90 bits per heavy atom. The van der Waals surface area contributed by atoms with Gasteiger partial charge in [-0.2, -0.15) is 0 Å². The molecule has 10 heteroatoms. The Bertz CT molecular complexity index is 1070. The second kappa shape index (κ2) is 7.71. The number of halogens is 1. The molecule has 3 aliphatic rings. The first-order valence-corrected chi connectivity index (χ1v) is 12.0. The van der Waals surface area contributed by atoms with Crippen LogP contribution in [0.4, 0.5) is 4.79 Å². The van der Waals surface area contributed by atoms with E-state index in [2.05, 4.69) is 21.0 Å². The lowest BCUT2D eigenvalue weighted by Gasteiger charge is -2.49. The maximum absolute atomic E-state index is 12.6. The number of hydrogen-bond acceptors (Lipinski definition) is 5. The number of carbonyl (C=O) groups excluding carboxylic acids is 1. The number of carbonyl (C=O) groups is 1. The molecule has 164 valence electrons. The van der Waals surface area contributed by atoms with Crippen LogP contribution in [-0.4, -0.2) is 68.8 Å². The van der Waals surface area contributed by atoms with E-state index >= 15 is 0 Å². The van der Waals surface area contributed by atoms with Gasteiger partial charge in [0.05, 0.1) is 17.8 Å². The number of benzene rings is 1. The maximum Gasteiger partial charge on any atom is 0.318 e. The summed E-state index contributed by atoms with van der Waals surface area (Å²) >= 11 is 0. The van der Waals surface area contributed by atoms with Crippen LogP contribution in [-0.2, 0) is 16.4 Å². The molecule has 2 N–H and O–H groups in total. The predicted molar refractivity (Wildman–Crippen MR) is 116 cm³/mol. The van der Waals surface area contributed by atoms with Crippen LogP contribution >= 0.6 is 12.4 Å². The highest BCUT2D eigenvalue weighted by Gasteiger charge is 2.51. The second-order valence-electron chi connectivity index (χ2n) is 8.40. The number of piperidine rings is 1. The third kappa shape index (κ3) is 3.57. The molecule has 2 saturated heterocycles. The first kappa shape index (κ1) is 21.4. The van der Waals surface area contributed by atoms with Crippen molar-refractivity contribution in [3.63, 3.8) is 0 Å². The summed E-state index contributed by atoms with van der Waals surface area (Å²) in [5.74, 6) is 1.03. The minimum absolute atomic E-state index is 0. The molecule has 1 aromatic carbocycles. The van der Waals surface area contributed by atoms with E-state index in [0.717, 1.165) is 50.0 Å². The van der Waals surface area contributed by atoms with E-state index in [1.165, 1.54) is 10.9 Å². The minimum atomic E-state index is -3.28. The van der Waals surface area contributed by atoms with Crippen molar-refractivity contribution in [1.29, 1.82) is 0 Å². The van der Waals surface area contributed by atoms with Crippen LogP contribution in [0.3, 0.4) is 0 Å². The van der Waals surface area contributed by atoms with Crippen molar-refractivity contribution < 1.29 is 17.6 Å². The quantitative estimate of drug-likeness (QED) is 0.735. The summed E-state index contributed by atoms with van der Waals surface area (Å²) in [5.41, 5.74) is 1.90. The smallest absolute Gasteiger partial charge is 0.318 e. The van der Waals surface area contributed by atoms with Crippen molar-refractivity contribution in [3.05, 3.63) is 35.6 Å². The Labute approximate surface area is 182 Å². The lowest BCUT2D eigenvalue weighted by Crippen LogP contribution is -2.57. The van der Waals surface area contributed by atoms with Crippen molar-refractivity contribution in [1.82, 2.24) is 19.8 Å². The van der Waals surface area contributed by atoms with E-state index in [0.29, 0.717) is 13.1 Å². The molecule has 1 aromatic heterocycles. The summed E-state index contributed by atoms with van der Waals surface area (Å²) in [6.45, 7) is 3.06. The van der Waals surface area contributed by atoms with E-state index in [1.54, 1.807) is 0 Å². The minimum Gasteiger partial charge on any atom is -0.459 e. The van der Waals surface area contributed by atoms with Crippen molar-refractivity contribution in [2.75, 3.05) is 39.0 Å². The fourth-order valence-electron chi connectivity index (χ4n) is 5.26. The molecule has 2 aromatic rings. The number of para-hydroxylation sites is 1. The lowest BCUT2D eigenvalue weighted by atomic mass is 9.79. The molecule has 3 aliphatic heterocycles. The van der Waals surface area contributed by atoms with Crippen molar-refractivity contribution in [2.24, 2.45) is 0 Å². The number of urea groups is 1. The summed E-state index contributed by atoms with van der Waals surface area (Å²) in [4.78, 5) is 16.8. The molecule has 8 nitrogen and oxygen atoms in total. The molecular formula is C20H27ClN4O4S. The van der Waals surface area contributed by atoms with Crippen molar-refractivity contribution in [2.45, 2.75) is 30.8 Å². The third-order valence-corrected chi connectivity index (χ3v) is 7.37. The number of hydrogen-bond donors (Lipinski definition) is 2. The van der Waals surface area contributed by atoms with Gasteiger partial charge in [0, 0.05) is 43.7 Å². The van der Waals surface area contributed by atoms with Gasteiger partial charge in [-0.05, 0) is 25.3 Å². The zero-order valence-electron chi connectivity index (χ0n) is 16.9. The van der Waals surface area contributed by atoms with E-state index < -0.39 is 10.0 Å². The SMILES string of the molecule is CS(=O)(=O)NCCN1C(=O)NCC12CCN1CCc3c(oc4ccccc34)C1C2.Cl. The van der Waals surface area contributed by atoms with Gasteiger partial charge < -0.3 is 14.6 Å². The van der Waals surface area contributed by atoms with Crippen LogP contribution < -0.4 is 10.0 Å². The molecule has 2 unspecified atom stereocenters. The van der Waals surface area contributed by atoms with Gasteiger partial charge in [-0.1, -0.05) is 18.2 Å². The third-order valence-electron chi connectivity index (χ3n) is 6.65. The Morgan fingerprint density at radius 2 is 2.10 bits per heavy atom. The average Bonchev–Trinajstić information content (AvgIpc) is 3.21. The molecule has 0 saturated carbocycles. The van der Waals surface area contributed by atoms with Crippen LogP contribution in [0.5, 0.6) is 0 Å². The Hall–Kier alpha value is -1.81. The number of furan rings is 1. The first-order valence-electron chi connectivity index (χ1n) is 10.1. The molecule has 2 amide bonds. The standard InChI is InChI=1S/C20H26N4O4S.ClH/c1-29(26,27)22-8-11-24-19(25)21-13-20(24)7-10-23-9-6-15-14-4-2-3-5-17(14)28-18(15)16(23)12-20;/h2-5,16,22H,6-13H2,1H3,(H,21,25);1H. The monoisotopic (exact) mass is 454 g/mol. The summed E-state index contributed by atoms with van der Waals surface area (Å²) in [7, 11) is -3.28. The first-order chi connectivity index (χ1) is 13.9. The van der Waals surface area contributed by atoms with Crippen LogP contribution in [0.1, 0.15) is 30.2 Å². The summed E-state index contributed by atoms with van der Waals surface area (Å²) in [6, 6.07) is 8.19. The van der Waals surface area contributed by atoms with E-state index in [-0.39, 0.29) is 36.6 Å². The average molecular weight is 455 g/mol. The van der Waals surface area contributed by atoms with Gasteiger partial charge in [-0.3, -0.25) is 4.90 Å². The predicted octanol–water partition coefficient (Wildman–Crippen LogP) is 1.86. The molecule has 2 atom stereocenters. The van der Waals surface area contributed by atoms with E-state index in [4.69, 9.17) is 4.42 Å². The molecular weight excluding hydrogens is 428 g/mol. The fraction of sp³-hybridized carbons (Fsp3) is 0.550. The van der Waals surface area contributed by atoms with Crippen molar-refractivity contribution >= 4 is 39.4 Å². The van der Waals surface area contributed by atoms with Crippen molar-refractivity contribution in [3.8, 4) is 0 Å². The Kier molecular flexibility index (Phi) is 5.50. The van der Waals surface area contributed by atoms with E-state index in [1.807, 2.05) is 23.1 Å². The number of nitrogens with one attached hydrogen (secondary N) is 2. The largest absolute Gasteiger partial charge is 0.459 e. The number of nitrogens with zero attached hydrogens (tertiary/aromatic N) is 2. The molecule has 5 rings (SSSR count). The molecule has 2 fully saturated rings. The van der Waals surface area contributed by atoms with Crippen LogP contribution in [0.2, 0.25) is 0 Å². The second-order valence-corrected chi connectivity index (χ2v) is 10.2. The summed E-state index contributed by atoms with van der Waals surface area (Å²) in [6.07, 6.45) is 3.78. The van der Waals surface area contributed by atoms with Gasteiger partial charge in [0.25, 0.3) is 0 Å². The molecule has 0 bridgehead atoms. The van der Waals surface area contributed by atoms with Crippen LogP contribution in [0.25, 0.3) is 11.0 Å². The summed E-state index contributed by atoms with van der Waals surface area (Å²) in [5, 5.41) is 4.18. The highest BCUT2D eigenvalue weighted by Crippen LogP contribution is 2.46. The zero-order chi connectivity index (χ0) is 20.2. The maximum atomic E-state index is 12.6. The molecule has 4 heterocycles. The van der Waals surface area contributed by atoms with Gasteiger partial charge in [0.15, 0.2) is 0 Å². The topological polar surface area (TPSA) is 94.9 Å². The van der Waals surface area contributed by atoms with E-state index in [9.17, 15) is 13.2 Å². The van der Waals surface area contributed by atoms with Gasteiger partial charge in [0.1, 0.15) is 11.3 Å². The van der Waals surface area contributed by atoms with Crippen LogP contribution in [0, 0.1) is 0 Å². The fourth-order valence-corrected chi connectivity index (χ4v) is 5.72.